The van der Waals surface area contributed by atoms with E-state index in [1.54, 1.807) is 0 Å². The van der Waals surface area contributed by atoms with Gasteiger partial charge in [-0.15, -0.1) is 0 Å². The van der Waals surface area contributed by atoms with Crippen LogP contribution in [0.25, 0.3) is 0 Å². The van der Waals surface area contributed by atoms with Crippen LogP contribution in [0.3, 0.4) is 0 Å². The molecule has 1 aliphatic rings. The second kappa shape index (κ2) is 6.00. The van der Waals surface area contributed by atoms with E-state index in [1.165, 1.54) is 24.8 Å². The van der Waals surface area contributed by atoms with Crippen LogP contribution in [0.15, 0.2) is 30.3 Å². The minimum Gasteiger partial charge on any atom is -0.409 e. The molecule has 2 rings (SSSR count). The SMILES string of the molecule is C[Si](C)(C)OC(c1ccccc1)C1CCCCN1. The third-order valence-electron chi connectivity index (χ3n) is 3.32. The van der Waals surface area contributed by atoms with E-state index in [4.69, 9.17) is 4.43 Å². The second-order valence-corrected chi connectivity index (χ2v) is 10.6. The van der Waals surface area contributed by atoms with Crippen molar-refractivity contribution in [3.8, 4) is 0 Å². The first kappa shape index (κ1) is 13.8. The molecular formula is C15H25NOSi. The molecule has 0 aromatic heterocycles. The largest absolute Gasteiger partial charge is 0.409 e. The van der Waals surface area contributed by atoms with Crippen LogP contribution in [0.2, 0.25) is 19.6 Å². The van der Waals surface area contributed by atoms with Crippen molar-refractivity contribution < 1.29 is 4.43 Å². The van der Waals surface area contributed by atoms with Gasteiger partial charge in [-0.3, -0.25) is 0 Å². The first-order valence-electron chi connectivity index (χ1n) is 7.02. The summed E-state index contributed by atoms with van der Waals surface area (Å²) in [7, 11) is -1.53. The van der Waals surface area contributed by atoms with Gasteiger partial charge >= 0.3 is 0 Å². The normalized spacial score (nSPS) is 22.7. The third-order valence-corrected chi connectivity index (χ3v) is 4.28. The van der Waals surface area contributed by atoms with E-state index in [-0.39, 0.29) is 6.10 Å². The van der Waals surface area contributed by atoms with Gasteiger partial charge in [0, 0.05) is 6.04 Å². The van der Waals surface area contributed by atoms with Gasteiger partial charge in [-0.05, 0) is 44.6 Å². The van der Waals surface area contributed by atoms with Gasteiger partial charge < -0.3 is 9.74 Å². The topological polar surface area (TPSA) is 21.3 Å². The van der Waals surface area contributed by atoms with E-state index in [9.17, 15) is 0 Å². The van der Waals surface area contributed by atoms with Crippen molar-refractivity contribution in [3.05, 3.63) is 35.9 Å². The Hall–Kier alpha value is -0.643. The number of benzene rings is 1. The van der Waals surface area contributed by atoms with Gasteiger partial charge in [-0.25, -0.2) is 0 Å². The van der Waals surface area contributed by atoms with E-state index >= 15 is 0 Å². The quantitative estimate of drug-likeness (QED) is 0.836. The lowest BCUT2D eigenvalue weighted by Crippen LogP contribution is -2.43. The Labute approximate surface area is 112 Å². The fourth-order valence-corrected chi connectivity index (χ4v) is 3.61. The van der Waals surface area contributed by atoms with Gasteiger partial charge in [-0.2, -0.15) is 0 Å². The third kappa shape index (κ3) is 3.94. The van der Waals surface area contributed by atoms with Crippen molar-refractivity contribution in [1.29, 1.82) is 0 Å². The van der Waals surface area contributed by atoms with E-state index in [0.717, 1.165) is 6.54 Å². The zero-order valence-corrected chi connectivity index (χ0v) is 12.8. The summed E-state index contributed by atoms with van der Waals surface area (Å²) in [5, 5.41) is 3.64. The summed E-state index contributed by atoms with van der Waals surface area (Å²) < 4.78 is 6.44. The van der Waals surface area contributed by atoms with Crippen molar-refractivity contribution in [1.82, 2.24) is 5.32 Å². The number of piperidine rings is 1. The molecule has 1 aromatic rings. The predicted octanol–water partition coefficient (Wildman–Crippen LogP) is 3.72. The Balaban J connectivity index is 2.17. The summed E-state index contributed by atoms with van der Waals surface area (Å²) in [6.45, 7) is 7.94. The zero-order valence-electron chi connectivity index (χ0n) is 11.8. The van der Waals surface area contributed by atoms with Crippen LogP contribution in [0, 0.1) is 0 Å². The second-order valence-electron chi connectivity index (χ2n) is 6.12. The average molecular weight is 263 g/mol. The van der Waals surface area contributed by atoms with E-state index in [0.29, 0.717) is 6.04 Å². The molecule has 1 saturated heterocycles. The highest BCUT2D eigenvalue weighted by molar-refractivity contribution is 6.69. The molecule has 100 valence electrons. The predicted molar refractivity (Wildman–Crippen MR) is 79.3 cm³/mol. The summed E-state index contributed by atoms with van der Waals surface area (Å²) in [5.41, 5.74) is 1.32. The minimum atomic E-state index is -1.53. The maximum atomic E-state index is 6.44. The Morgan fingerprint density at radius 1 is 1.17 bits per heavy atom. The number of hydrogen-bond donors (Lipinski definition) is 1. The molecule has 0 saturated carbocycles. The first-order chi connectivity index (χ1) is 8.56. The average Bonchev–Trinajstić information content (AvgIpc) is 2.37. The van der Waals surface area contributed by atoms with Crippen molar-refractivity contribution in [3.63, 3.8) is 0 Å². The standard InChI is InChI=1S/C15H25NOSi/c1-18(2,3)17-15(13-9-5-4-6-10-13)14-11-7-8-12-16-14/h4-6,9-10,14-16H,7-8,11-12H2,1-3H3. The Morgan fingerprint density at radius 2 is 1.89 bits per heavy atom. The maximum Gasteiger partial charge on any atom is 0.184 e. The summed E-state index contributed by atoms with van der Waals surface area (Å²) in [6.07, 6.45) is 4.06. The Bertz CT molecular complexity index is 355. The van der Waals surface area contributed by atoms with Crippen LogP contribution >= 0.6 is 0 Å². The molecular weight excluding hydrogens is 238 g/mol. The van der Waals surface area contributed by atoms with Crippen LogP contribution < -0.4 is 5.32 Å². The fraction of sp³-hybridized carbons (Fsp3) is 0.600. The summed E-state index contributed by atoms with van der Waals surface area (Å²) >= 11 is 0. The molecule has 18 heavy (non-hydrogen) atoms. The summed E-state index contributed by atoms with van der Waals surface area (Å²) in [5.74, 6) is 0. The van der Waals surface area contributed by atoms with E-state index < -0.39 is 8.32 Å². The Kier molecular flexibility index (Phi) is 4.59. The molecule has 1 N–H and O–H groups in total. The lowest BCUT2D eigenvalue weighted by atomic mass is 9.95. The van der Waals surface area contributed by atoms with Gasteiger partial charge in [-0.1, -0.05) is 36.8 Å². The van der Waals surface area contributed by atoms with Crippen LogP contribution in [0.4, 0.5) is 0 Å². The molecule has 1 aliphatic heterocycles. The van der Waals surface area contributed by atoms with Gasteiger partial charge in [0.25, 0.3) is 0 Å². The van der Waals surface area contributed by atoms with Crippen LogP contribution in [0.5, 0.6) is 0 Å². The highest BCUT2D eigenvalue weighted by Gasteiger charge is 2.29. The molecule has 2 unspecified atom stereocenters. The molecule has 0 bridgehead atoms. The number of hydrogen-bond acceptors (Lipinski definition) is 2. The first-order valence-corrected chi connectivity index (χ1v) is 10.4. The van der Waals surface area contributed by atoms with Crippen LogP contribution in [-0.2, 0) is 4.43 Å². The van der Waals surface area contributed by atoms with Gasteiger partial charge in [0.2, 0.25) is 0 Å². The van der Waals surface area contributed by atoms with Crippen molar-refractivity contribution >= 4 is 8.32 Å². The highest BCUT2D eigenvalue weighted by Crippen LogP contribution is 2.29. The molecule has 2 atom stereocenters. The molecule has 3 heteroatoms. The van der Waals surface area contributed by atoms with Crippen LogP contribution in [-0.4, -0.2) is 20.9 Å². The lowest BCUT2D eigenvalue weighted by Gasteiger charge is -2.35. The molecule has 2 nitrogen and oxygen atoms in total. The maximum absolute atomic E-state index is 6.44. The number of rotatable bonds is 4. The molecule has 1 heterocycles. The summed E-state index contributed by atoms with van der Waals surface area (Å²) in [6, 6.07) is 11.2. The number of nitrogens with one attached hydrogen (secondary N) is 1. The highest BCUT2D eigenvalue weighted by atomic mass is 28.4. The zero-order chi connectivity index (χ0) is 13.0. The van der Waals surface area contributed by atoms with Gasteiger partial charge in [0.1, 0.15) is 0 Å². The minimum absolute atomic E-state index is 0.221. The van der Waals surface area contributed by atoms with Crippen molar-refractivity contribution in [2.45, 2.75) is 51.0 Å². The van der Waals surface area contributed by atoms with Gasteiger partial charge in [0.15, 0.2) is 8.32 Å². The van der Waals surface area contributed by atoms with Crippen molar-refractivity contribution in [2.75, 3.05) is 6.54 Å². The monoisotopic (exact) mass is 263 g/mol. The fourth-order valence-electron chi connectivity index (χ4n) is 2.54. The van der Waals surface area contributed by atoms with Gasteiger partial charge in [0.05, 0.1) is 6.10 Å². The van der Waals surface area contributed by atoms with E-state index in [1.807, 2.05) is 0 Å². The van der Waals surface area contributed by atoms with E-state index in [2.05, 4.69) is 55.3 Å². The molecule has 1 fully saturated rings. The van der Waals surface area contributed by atoms with Crippen molar-refractivity contribution in [2.24, 2.45) is 0 Å². The molecule has 0 amide bonds. The molecule has 1 aromatic carbocycles. The lowest BCUT2D eigenvalue weighted by molar-refractivity contribution is 0.131. The summed E-state index contributed by atoms with van der Waals surface area (Å²) in [4.78, 5) is 0. The smallest absolute Gasteiger partial charge is 0.184 e. The molecule has 0 spiro atoms. The molecule has 0 radical (unpaired) electrons. The molecule has 0 aliphatic carbocycles. The Morgan fingerprint density at radius 3 is 2.44 bits per heavy atom. The van der Waals surface area contributed by atoms with Crippen LogP contribution in [0.1, 0.15) is 30.9 Å².